The second-order valence-corrected chi connectivity index (χ2v) is 7.17. The molecule has 0 radical (unpaired) electrons. The standard InChI is InChI=1S/C17H22Cl2N2O3/c1-11-6-12(2)8-21(7-11)16(23)10-24-9-15(22)20-14-5-3-4-13(18)17(14)19/h3-5,11-12H,6-10H2,1-2H3,(H,20,22)/t11-,12-/m1/s1. The summed E-state index contributed by atoms with van der Waals surface area (Å²) in [5.74, 6) is 0.520. The number of amides is 2. The van der Waals surface area contributed by atoms with Crippen LogP contribution in [0.3, 0.4) is 0 Å². The molecule has 5 nitrogen and oxygen atoms in total. The van der Waals surface area contributed by atoms with Gasteiger partial charge in [-0.2, -0.15) is 0 Å². The molecule has 0 saturated carbocycles. The van der Waals surface area contributed by atoms with Crippen molar-refractivity contribution in [2.75, 3.05) is 31.6 Å². The topological polar surface area (TPSA) is 58.6 Å². The molecule has 1 aliphatic rings. The van der Waals surface area contributed by atoms with Gasteiger partial charge >= 0.3 is 0 Å². The van der Waals surface area contributed by atoms with Crippen LogP contribution in [0.2, 0.25) is 10.0 Å². The van der Waals surface area contributed by atoms with Gasteiger partial charge in [-0.25, -0.2) is 0 Å². The normalized spacial score (nSPS) is 20.8. The summed E-state index contributed by atoms with van der Waals surface area (Å²) in [7, 11) is 0. The monoisotopic (exact) mass is 372 g/mol. The lowest BCUT2D eigenvalue weighted by molar-refractivity contribution is -0.140. The van der Waals surface area contributed by atoms with Gasteiger partial charge in [0.1, 0.15) is 13.2 Å². The minimum atomic E-state index is -0.382. The molecule has 0 aromatic heterocycles. The van der Waals surface area contributed by atoms with Crippen molar-refractivity contribution in [3.8, 4) is 0 Å². The van der Waals surface area contributed by atoms with Crippen molar-refractivity contribution in [1.82, 2.24) is 4.90 Å². The highest BCUT2D eigenvalue weighted by Gasteiger charge is 2.25. The summed E-state index contributed by atoms with van der Waals surface area (Å²) in [6.45, 7) is 5.45. The number of carbonyl (C=O) groups excluding carboxylic acids is 2. The zero-order chi connectivity index (χ0) is 17.7. The molecule has 0 aliphatic carbocycles. The first kappa shape index (κ1) is 19.0. The van der Waals surface area contributed by atoms with Crippen molar-refractivity contribution in [3.63, 3.8) is 0 Å². The van der Waals surface area contributed by atoms with Crippen LogP contribution in [-0.2, 0) is 14.3 Å². The molecule has 2 atom stereocenters. The summed E-state index contributed by atoms with van der Waals surface area (Å²) in [5, 5.41) is 3.25. The minimum Gasteiger partial charge on any atom is -0.362 e. The Bertz CT molecular complexity index is 599. The molecule has 1 fully saturated rings. The van der Waals surface area contributed by atoms with Gasteiger partial charge in [0.2, 0.25) is 11.8 Å². The summed E-state index contributed by atoms with van der Waals surface area (Å²) in [4.78, 5) is 25.8. The Balaban J connectivity index is 1.76. The molecular formula is C17H22Cl2N2O3. The maximum atomic E-state index is 12.2. The predicted octanol–water partition coefficient (Wildman–Crippen LogP) is 3.45. The van der Waals surface area contributed by atoms with Crippen LogP contribution in [0, 0.1) is 11.8 Å². The van der Waals surface area contributed by atoms with E-state index in [1.165, 1.54) is 0 Å². The summed E-state index contributed by atoms with van der Waals surface area (Å²) < 4.78 is 5.24. The van der Waals surface area contributed by atoms with Crippen molar-refractivity contribution in [2.24, 2.45) is 11.8 Å². The van der Waals surface area contributed by atoms with Crippen LogP contribution in [0.5, 0.6) is 0 Å². The number of hydrogen-bond donors (Lipinski definition) is 1. The Labute approximate surface area is 152 Å². The molecule has 1 N–H and O–H groups in total. The number of hydrogen-bond acceptors (Lipinski definition) is 3. The highest BCUT2D eigenvalue weighted by Crippen LogP contribution is 2.29. The first-order chi connectivity index (χ1) is 11.4. The highest BCUT2D eigenvalue weighted by atomic mass is 35.5. The number of halogens is 2. The Morgan fingerprint density at radius 2 is 1.88 bits per heavy atom. The first-order valence-corrected chi connectivity index (χ1v) is 8.71. The van der Waals surface area contributed by atoms with Crippen LogP contribution in [0.25, 0.3) is 0 Å². The smallest absolute Gasteiger partial charge is 0.250 e. The number of likely N-dealkylation sites (tertiary alicyclic amines) is 1. The molecule has 7 heteroatoms. The first-order valence-electron chi connectivity index (χ1n) is 7.96. The zero-order valence-corrected chi connectivity index (χ0v) is 15.4. The van der Waals surface area contributed by atoms with E-state index >= 15 is 0 Å². The number of carbonyl (C=O) groups is 2. The number of piperidine rings is 1. The molecule has 24 heavy (non-hydrogen) atoms. The Hall–Kier alpha value is -1.30. The number of ether oxygens (including phenoxy) is 1. The van der Waals surface area contributed by atoms with E-state index in [0.717, 1.165) is 19.5 Å². The van der Waals surface area contributed by atoms with E-state index in [1.54, 1.807) is 18.2 Å². The van der Waals surface area contributed by atoms with Gasteiger partial charge in [-0.05, 0) is 30.4 Å². The molecule has 2 amide bonds. The fourth-order valence-electron chi connectivity index (χ4n) is 2.98. The van der Waals surface area contributed by atoms with Gasteiger partial charge in [0.15, 0.2) is 0 Å². The third kappa shape index (κ3) is 5.36. The van der Waals surface area contributed by atoms with Gasteiger partial charge in [0.05, 0.1) is 15.7 Å². The largest absolute Gasteiger partial charge is 0.362 e. The number of rotatable bonds is 5. The number of nitrogens with zero attached hydrogens (tertiary/aromatic N) is 1. The average Bonchev–Trinajstić information content (AvgIpc) is 2.51. The zero-order valence-electron chi connectivity index (χ0n) is 13.9. The van der Waals surface area contributed by atoms with Crippen molar-refractivity contribution < 1.29 is 14.3 Å². The third-order valence-corrected chi connectivity index (χ3v) is 4.72. The van der Waals surface area contributed by atoms with Crippen LogP contribution in [0.4, 0.5) is 5.69 Å². The lowest BCUT2D eigenvalue weighted by Gasteiger charge is -2.34. The molecule has 132 valence electrons. The van der Waals surface area contributed by atoms with Crippen molar-refractivity contribution in [2.45, 2.75) is 20.3 Å². The Morgan fingerprint density at radius 1 is 1.21 bits per heavy atom. The van der Waals surface area contributed by atoms with Crippen LogP contribution in [0.1, 0.15) is 20.3 Å². The number of nitrogens with one attached hydrogen (secondary N) is 1. The van der Waals surface area contributed by atoms with Gasteiger partial charge < -0.3 is 15.0 Å². The Kier molecular flexibility index (Phi) is 6.90. The van der Waals surface area contributed by atoms with Crippen molar-refractivity contribution >= 4 is 40.7 Å². The van der Waals surface area contributed by atoms with Gasteiger partial charge in [-0.1, -0.05) is 43.1 Å². The van der Waals surface area contributed by atoms with E-state index in [4.69, 9.17) is 27.9 Å². The summed E-state index contributed by atoms with van der Waals surface area (Å²) in [6, 6.07) is 4.97. The third-order valence-electron chi connectivity index (χ3n) is 3.91. The summed E-state index contributed by atoms with van der Waals surface area (Å²) in [6.07, 6.45) is 1.13. The number of anilines is 1. The SMILES string of the molecule is C[C@@H]1C[C@@H](C)CN(C(=O)COCC(=O)Nc2cccc(Cl)c2Cl)C1. The summed E-state index contributed by atoms with van der Waals surface area (Å²) in [5.41, 5.74) is 0.419. The predicted molar refractivity (Wildman–Crippen MR) is 95.4 cm³/mol. The molecular weight excluding hydrogens is 351 g/mol. The van der Waals surface area contributed by atoms with Gasteiger partial charge in [0.25, 0.3) is 0 Å². The van der Waals surface area contributed by atoms with Crippen LogP contribution >= 0.6 is 23.2 Å². The van der Waals surface area contributed by atoms with Gasteiger partial charge in [-0.15, -0.1) is 0 Å². The molecule has 0 unspecified atom stereocenters. The van der Waals surface area contributed by atoms with E-state index in [-0.39, 0.29) is 30.1 Å². The minimum absolute atomic E-state index is 0.0815. The fraction of sp³-hybridized carbons (Fsp3) is 0.529. The molecule has 1 aromatic rings. The molecule has 0 spiro atoms. The molecule has 1 saturated heterocycles. The molecule has 2 rings (SSSR count). The highest BCUT2D eigenvalue weighted by molar-refractivity contribution is 6.43. The second kappa shape index (κ2) is 8.70. The lowest BCUT2D eigenvalue weighted by Crippen LogP contribution is -2.44. The molecule has 0 bridgehead atoms. The van der Waals surface area contributed by atoms with E-state index in [0.29, 0.717) is 22.5 Å². The maximum absolute atomic E-state index is 12.2. The van der Waals surface area contributed by atoms with E-state index in [1.807, 2.05) is 4.90 Å². The van der Waals surface area contributed by atoms with E-state index < -0.39 is 0 Å². The lowest BCUT2D eigenvalue weighted by atomic mass is 9.92. The van der Waals surface area contributed by atoms with Crippen molar-refractivity contribution in [3.05, 3.63) is 28.2 Å². The molecule has 1 heterocycles. The van der Waals surface area contributed by atoms with Crippen molar-refractivity contribution in [1.29, 1.82) is 0 Å². The van der Waals surface area contributed by atoms with E-state index in [2.05, 4.69) is 19.2 Å². The maximum Gasteiger partial charge on any atom is 0.250 e. The second-order valence-electron chi connectivity index (χ2n) is 6.39. The fourth-order valence-corrected chi connectivity index (χ4v) is 3.32. The molecule has 1 aromatic carbocycles. The number of benzene rings is 1. The van der Waals surface area contributed by atoms with Gasteiger partial charge in [0, 0.05) is 13.1 Å². The van der Waals surface area contributed by atoms with Gasteiger partial charge in [-0.3, -0.25) is 9.59 Å². The van der Waals surface area contributed by atoms with E-state index in [9.17, 15) is 9.59 Å². The Morgan fingerprint density at radius 3 is 2.54 bits per heavy atom. The quantitative estimate of drug-likeness (QED) is 0.860. The summed E-state index contributed by atoms with van der Waals surface area (Å²) >= 11 is 11.9. The van der Waals surface area contributed by atoms with Crippen LogP contribution < -0.4 is 5.32 Å². The average molecular weight is 373 g/mol. The molecule has 1 aliphatic heterocycles. The van der Waals surface area contributed by atoms with Crippen LogP contribution in [0.15, 0.2) is 18.2 Å². The van der Waals surface area contributed by atoms with Crippen LogP contribution in [-0.4, -0.2) is 43.0 Å².